The van der Waals surface area contributed by atoms with Gasteiger partial charge in [-0.25, -0.2) is 0 Å². The Morgan fingerprint density at radius 1 is 1.69 bits per heavy atom. The van der Waals surface area contributed by atoms with Gasteiger partial charge in [0.2, 0.25) is 0 Å². The molecule has 0 saturated heterocycles. The Kier molecular flexibility index (Phi) is 3.16. The van der Waals surface area contributed by atoms with Crippen LogP contribution in [0.1, 0.15) is 11.8 Å². The van der Waals surface area contributed by atoms with E-state index in [0.29, 0.717) is 19.1 Å². The zero-order valence-corrected chi connectivity index (χ0v) is 10.5. The van der Waals surface area contributed by atoms with Crippen LogP contribution in [0.4, 0.5) is 0 Å². The molecule has 1 atom stereocenters. The van der Waals surface area contributed by atoms with Gasteiger partial charge in [-0.3, -0.25) is 4.99 Å². The molecule has 2 heterocycles. The third kappa shape index (κ3) is 2.05. The number of hydrogen-bond donors (Lipinski definition) is 1. The highest BCUT2D eigenvalue weighted by Crippen LogP contribution is 2.25. The Morgan fingerprint density at radius 2 is 2.50 bits per heavy atom. The fraction of sp³-hybridized carbons (Fsp3) is 0.545. The van der Waals surface area contributed by atoms with E-state index in [-0.39, 0.29) is 5.54 Å². The highest BCUT2D eigenvalue weighted by molar-refractivity contribution is 7.09. The molecule has 1 unspecified atom stereocenters. The summed E-state index contributed by atoms with van der Waals surface area (Å²) in [5, 5.41) is 2.08. The van der Waals surface area contributed by atoms with Crippen LogP contribution in [0.25, 0.3) is 0 Å². The highest BCUT2D eigenvalue weighted by Gasteiger charge is 2.38. The van der Waals surface area contributed by atoms with E-state index >= 15 is 0 Å². The number of hydrogen-bond acceptors (Lipinski definition) is 5. The molecule has 0 aliphatic carbocycles. The van der Waals surface area contributed by atoms with Crippen LogP contribution in [0, 0.1) is 0 Å². The van der Waals surface area contributed by atoms with Gasteiger partial charge >= 0.3 is 0 Å². The fourth-order valence-corrected chi connectivity index (χ4v) is 2.66. The number of guanidine groups is 1. The normalized spacial score (nSPS) is 24.9. The first-order chi connectivity index (χ1) is 7.65. The molecule has 1 aromatic heterocycles. The molecule has 0 amide bonds. The van der Waals surface area contributed by atoms with Crippen molar-refractivity contribution in [1.29, 1.82) is 0 Å². The minimum atomic E-state index is -0.108. The van der Waals surface area contributed by atoms with Gasteiger partial charge < -0.3 is 15.4 Å². The van der Waals surface area contributed by atoms with Crippen molar-refractivity contribution in [1.82, 2.24) is 4.90 Å². The lowest BCUT2D eigenvalue weighted by molar-refractivity contribution is 0.0757. The van der Waals surface area contributed by atoms with Crippen molar-refractivity contribution in [2.45, 2.75) is 19.0 Å². The first kappa shape index (κ1) is 11.4. The summed E-state index contributed by atoms with van der Waals surface area (Å²) in [5.74, 6) is 0.618. The van der Waals surface area contributed by atoms with E-state index in [2.05, 4.69) is 34.3 Å². The van der Waals surface area contributed by atoms with Crippen LogP contribution < -0.4 is 5.73 Å². The Hall–Kier alpha value is -1.07. The Morgan fingerprint density at radius 3 is 3.12 bits per heavy atom. The van der Waals surface area contributed by atoms with Gasteiger partial charge in [0.25, 0.3) is 0 Å². The van der Waals surface area contributed by atoms with Crippen molar-refractivity contribution in [3.63, 3.8) is 0 Å². The van der Waals surface area contributed by atoms with Gasteiger partial charge in [0.05, 0.1) is 25.2 Å². The summed E-state index contributed by atoms with van der Waals surface area (Å²) in [6.07, 6.45) is 0. The van der Waals surface area contributed by atoms with Gasteiger partial charge in [0.15, 0.2) is 5.96 Å². The molecule has 0 bridgehead atoms. The van der Waals surface area contributed by atoms with Crippen LogP contribution in [0.15, 0.2) is 22.5 Å². The third-order valence-electron chi connectivity index (χ3n) is 2.86. The second-order valence-electron chi connectivity index (χ2n) is 4.27. The minimum Gasteiger partial charge on any atom is -0.382 e. The lowest BCUT2D eigenvalue weighted by Gasteiger charge is -2.35. The van der Waals surface area contributed by atoms with Crippen molar-refractivity contribution < 1.29 is 4.74 Å². The summed E-state index contributed by atoms with van der Waals surface area (Å²) in [5.41, 5.74) is 5.82. The van der Waals surface area contributed by atoms with E-state index in [1.807, 2.05) is 0 Å². The lowest BCUT2D eigenvalue weighted by Crippen LogP contribution is -2.51. The summed E-state index contributed by atoms with van der Waals surface area (Å²) in [6.45, 7) is 4.29. The Bertz CT molecular complexity index is 377. The van der Waals surface area contributed by atoms with Crippen molar-refractivity contribution in [2.24, 2.45) is 10.7 Å². The number of ether oxygens (including phenoxy) is 1. The molecule has 0 spiro atoms. The maximum Gasteiger partial charge on any atom is 0.192 e. The maximum atomic E-state index is 5.93. The van der Waals surface area contributed by atoms with Gasteiger partial charge in [0.1, 0.15) is 0 Å². The summed E-state index contributed by atoms with van der Waals surface area (Å²) >= 11 is 1.74. The SMILES string of the molecule is COCC1(C)CN=C(N)N1Cc1cccs1. The maximum absolute atomic E-state index is 5.93. The van der Waals surface area contributed by atoms with Gasteiger partial charge in [-0.15, -0.1) is 11.3 Å². The van der Waals surface area contributed by atoms with Crippen LogP contribution in [-0.2, 0) is 11.3 Å². The molecule has 0 saturated carbocycles. The average Bonchev–Trinajstić information content (AvgIpc) is 2.83. The Labute approximate surface area is 99.7 Å². The molecule has 2 rings (SSSR count). The average molecular weight is 239 g/mol. The van der Waals surface area contributed by atoms with Gasteiger partial charge in [-0.2, -0.15) is 0 Å². The van der Waals surface area contributed by atoms with Crippen LogP contribution >= 0.6 is 11.3 Å². The first-order valence-corrected chi connectivity index (χ1v) is 6.12. The van der Waals surface area contributed by atoms with Crippen LogP contribution in [0.2, 0.25) is 0 Å². The number of thiophene rings is 1. The molecular formula is C11H17N3OS. The van der Waals surface area contributed by atoms with E-state index < -0.39 is 0 Å². The van der Waals surface area contributed by atoms with Crippen molar-refractivity contribution in [3.05, 3.63) is 22.4 Å². The van der Waals surface area contributed by atoms with Gasteiger partial charge in [-0.05, 0) is 18.4 Å². The van der Waals surface area contributed by atoms with E-state index in [0.717, 1.165) is 6.54 Å². The van der Waals surface area contributed by atoms with Crippen LogP contribution in [-0.4, -0.2) is 36.7 Å². The topological polar surface area (TPSA) is 50.9 Å². The molecule has 0 aromatic carbocycles. The molecule has 5 heteroatoms. The number of rotatable bonds is 4. The predicted octanol–water partition coefficient (Wildman–Crippen LogP) is 1.28. The molecule has 1 aromatic rings. The molecule has 2 N–H and O–H groups in total. The molecule has 16 heavy (non-hydrogen) atoms. The molecule has 1 aliphatic rings. The van der Waals surface area contributed by atoms with Crippen LogP contribution in [0.3, 0.4) is 0 Å². The molecule has 4 nitrogen and oxygen atoms in total. The second kappa shape index (κ2) is 4.43. The number of nitrogens with two attached hydrogens (primary N) is 1. The molecular weight excluding hydrogens is 222 g/mol. The lowest BCUT2D eigenvalue weighted by atomic mass is 10.0. The first-order valence-electron chi connectivity index (χ1n) is 5.24. The standard InChI is InChI=1S/C11H17N3OS/c1-11(8-15-2)7-13-10(12)14(11)6-9-4-3-5-16-9/h3-5H,6-8H2,1-2H3,(H2,12,13). The Balaban J connectivity index is 2.13. The monoisotopic (exact) mass is 239 g/mol. The molecule has 1 aliphatic heterocycles. The number of nitrogens with zero attached hydrogens (tertiary/aromatic N) is 2. The second-order valence-corrected chi connectivity index (χ2v) is 5.30. The quantitative estimate of drug-likeness (QED) is 0.861. The zero-order valence-electron chi connectivity index (χ0n) is 9.64. The summed E-state index contributed by atoms with van der Waals surface area (Å²) in [4.78, 5) is 7.74. The zero-order chi connectivity index (χ0) is 11.6. The largest absolute Gasteiger partial charge is 0.382 e. The summed E-state index contributed by atoms with van der Waals surface area (Å²) in [7, 11) is 1.71. The number of methoxy groups -OCH3 is 1. The van der Waals surface area contributed by atoms with Crippen molar-refractivity contribution in [3.8, 4) is 0 Å². The van der Waals surface area contributed by atoms with Gasteiger partial charge in [0, 0.05) is 12.0 Å². The number of aliphatic imine (C=N–C) groups is 1. The van der Waals surface area contributed by atoms with Crippen molar-refractivity contribution >= 4 is 17.3 Å². The van der Waals surface area contributed by atoms with Crippen molar-refractivity contribution in [2.75, 3.05) is 20.3 Å². The third-order valence-corrected chi connectivity index (χ3v) is 3.72. The molecule has 0 fully saturated rings. The summed E-state index contributed by atoms with van der Waals surface area (Å²) < 4.78 is 5.26. The molecule has 0 radical (unpaired) electrons. The fourth-order valence-electron chi connectivity index (χ4n) is 1.96. The van der Waals surface area contributed by atoms with Crippen LogP contribution in [0.5, 0.6) is 0 Å². The highest BCUT2D eigenvalue weighted by atomic mass is 32.1. The smallest absolute Gasteiger partial charge is 0.192 e. The van der Waals surface area contributed by atoms with E-state index in [1.165, 1.54) is 4.88 Å². The van der Waals surface area contributed by atoms with Gasteiger partial charge in [-0.1, -0.05) is 6.07 Å². The minimum absolute atomic E-state index is 0.108. The predicted molar refractivity (Wildman–Crippen MR) is 66.6 cm³/mol. The van der Waals surface area contributed by atoms with E-state index in [4.69, 9.17) is 10.5 Å². The molecule has 88 valence electrons. The summed E-state index contributed by atoms with van der Waals surface area (Å²) in [6, 6.07) is 4.17. The van der Waals surface area contributed by atoms with E-state index in [1.54, 1.807) is 18.4 Å². The van der Waals surface area contributed by atoms with E-state index in [9.17, 15) is 0 Å².